The topological polar surface area (TPSA) is 93.9 Å². The summed E-state index contributed by atoms with van der Waals surface area (Å²) in [6.07, 6.45) is 3.24. The van der Waals surface area contributed by atoms with Gasteiger partial charge in [-0.25, -0.2) is 0 Å². The van der Waals surface area contributed by atoms with E-state index < -0.39 is 4.92 Å². The van der Waals surface area contributed by atoms with E-state index in [1.54, 1.807) is 0 Å². The maximum atomic E-state index is 12.4. The van der Waals surface area contributed by atoms with Crippen LogP contribution in [0.2, 0.25) is 0 Å². The zero-order chi connectivity index (χ0) is 17.9. The van der Waals surface area contributed by atoms with Gasteiger partial charge in [-0.05, 0) is 37.3 Å². The van der Waals surface area contributed by atoms with Crippen molar-refractivity contribution >= 4 is 24.0 Å². The average molecular weight is 386 g/mol. The molecule has 0 atom stereocenters. The quantitative estimate of drug-likeness (QED) is 0.615. The van der Waals surface area contributed by atoms with Crippen molar-refractivity contribution < 1.29 is 19.2 Å². The Morgan fingerprint density at radius 2 is 2.08 bits per heavy atom. The molecule has 1 amide bonds. The molecule has 144 valence electrons. The Kier molecular flexibility index (Phi) is 6.66. The smallest absolute Gasteiger partial charge is 0.311 e. The van der Waals surface area contributed by atoms with E-state index in [0.717, 1.165) is 39.0 Å². The summed E-state index contributed by atoms with van der Waals surface area (Å²) in [4.78, 5) is 24.6. The maximum absolute atomic E-state index is 12.4. The molecule has 0 aliphatic carbocycles. The summed E-state index contributed by atoms with van der Waals surface area (Å²) in [7, 11) is 1.36. The molecule has 0 unspecified atom stereocenters. The third-order valence-electron chi connectivity index (χ3n) is 5.22. The summed E-state index contributed by atoms with van der Waals surface area (Å²) < 4.78 is 10.5. The first-order valence-electron chi connectivity index (χ1n) is 8.47. The summed E-state index contributed by atoms with van der Waals surface area (Å²) in [6.45, 7) is 3.56. The van der Waals surface area contributed by atoms with Crippen LogP contribution in [0.25, 0.3) is 0 Å². The number of carbonyl (C=O) groups is 1. The zero-order valence-corrected chi connectivity index (χ0v) is 15.5. The number of likely N-dealkylation sites (tertiary alicyclic amines) is 1. The maximum Gasteiger partial charge on any atom is 0.311 e. The number of nitro benzene ring substituents is 1. The summed E-state index contributed by atoms with van der Waals surface area (Å²) in [5, 5.41) is 14.3. The monoisotopic (exact) mass is 385 g/mol. The van der Waals surface area contributed by atoms with Crippen molar-refractivity contribution in [1.82, 2.24) is 10.2 Å². The molecule has 26 heavy (non-hydrogen) atoms. The number of nitrogens with one attached hydrogen (secondary N) is 1. The molecule has 2 fully saturated rings. The van der Waals surface area contributed by atoms with Gasteiger partial charge in [0.15, 0.2) is 6.61 Å². The minimum absolute atomic E-state index is 0. The number of nitrogens with zero attached hydrogens (tertiary/aromatic N) is 2. The standard InChI is InChI=1S/C17H23N3O5.ClH/c1-24-15-10-13(2-3-14(15)20(22)23)25-11-16(21)19-8-5-17(6-9-19)4-7-18-12-17;/h2-3,10,18H,4-9,11-12H2,1H3;1H. The number of piperidine rings is 1. The van der Waals surface area contributed by atoms with Gasteiger partial charge < -0.3 is 19.7 Å². The van der Waals surface area contributed by atoms with Gasteiger partial charge in [-0.1, -0.05) is 0 Å². The predicted molar refractivity (Wildman–Crippen MR) is 98.1 cm³/mol. The SMILES string of the molecule is COc1cc(OCC(=O)N2CCC3(CCNC3)CC2)ccc1[N+](=O)[O-].Cl. The number of amides is 1. The van der Waals surface area contributed by atoms with Gasteiger partial charge in [-0.3, -0.25) is 14.9 Å². The van der Waals surface area contributed by atoms with Crippen LogP contribution < -0.4 is 14.8 Å². The van der Waals surface area contributed by atoms with Gasteiger partial charge in [0.2, 0.25) is 5.75 Å². The number of rotatable bonds is 5. The minimum atomic E-state index is -0.519. The van der Waals surface area contributed by atoms with Crippen LogP contribution in [0.1, 0.15) is 19.3 Å². The Balaban J connectivity index is 0.00000243. The molecule has 2 aliphatic rings. The summed E-state index contributed by atoms with van der Waals surface area (Å²) in [5.41, 5.74) is 0.233. The fraction of sp³-hybridized carbons (Fsp3) is 0.588. The second-order valence-electron chi connectivity index (χ2n) is 6.69. The number of hydrogen-bond acceptors (Lipinski definition) is 6. The van der Waals surface area contributed by atoms with Gasteiger partial charge in [0.25, 0.3) is 5.91 Å². The molecule has 3 rings (SSSR count). The minimum Gasteiger partial charge on any atom is -0.490 e. The highest BCUT2D eigenvalue weighted by atomic mass is 35.5. The lowest BCUT2D eigenvalue weighted by Crippen LogP contribution is -2.45. The van der Waals surface area contributed by atoms with Crippen molar-refractivity contribution in [1.29, 1.82) is 0 Å². The van der Waals surface area contributed by atoms with Gasteiger partial charge in [-0.15, -0.1) is 12.4 Å². The third kappa shape index (κ3) is 4.37. The molecule has 1 N–H and O–H groups in total. The number of methoxy groups -OCH3 is 1. The molecular formula is C17H24ClN3O5. The molecule has 1 aromatic carbocycles. The Morgan fingerprint density at radius 3 is 2.65 bits per heavy atom. The van der Waals surface area contributed by atoms with Crippen molar-refractivity contribution in [2.24, 2.45) is 5.41 Å². The number of benzene rings is 1. The number of halogens is 1. The zero-order valence-electron chi connectivity index (χ0n) is 14.7. The summed E-state index contributed by atoms with van der Waals surface area (Å²) in [6, 6.07) is 4.22. The van der Waals surface area contributed by atoms with E-state index in [9.17, 15) is 14.9 Å². The average Bonchev–Trinajstić information content (AvgIpc) is 3.07. The Morgan fingerprint density at radius 1 is 1.35 bits per heavy atom. The van der Waals surface area contributed by atoms with Gasteiger partial charge in [0.1, 0.15) is 5.75 Å². The lowest BCUT2D eigenvalue weighted by molar-refractivity contribution is -0.385. The van der Waals surface area contributed by atoms with Gasteiger partial charge in [0, 0.05) is 31.8 Å². The van der Waals surface area contributed by atoms with E-state index in [-0.39, 0.29) is 36.4 Å². The van der Waals surface area contributed by atoms with Crippen LogP contribution in [-0.2, 0) is 4.79 Å². The van der Waals surface area contributed by atoms with Gasteiger partial charge in [-0.2, -0.15) is 0 Å². The van der Waals surface area contributed by atoms with Crippen LogP contribution in [0.4, 0.5) is 5.69 Å². The molecule has 0 radical (unpaired) electrons. The molecule has 0 aromatic heterocycles. The van der Waals surface area contributed by atoms with E-state index >= 15 is 0 Å². The van der Waals surface area contributed by atoms with Crippen LogP contribution in [0.3, 0.4) is 0 Å². The van der Waals surface area contributed by atoms with Crippen LogP contribution in [0.5, 0.6) is 11.5 Å². The summed E-state index contributed by atoms with van der Waals surface area (Å²) in [5.74, 6) is 0.436. The Labute approximate surface area is 158 Å². The second-order valence-corrected chi connectivity index (χ2v) is 6.69. The molecule has 1 spiro atoms. The van der Waals surface area contributed by atoms with Gasteiger partial charge >= 0.3 is 5.69 Å². The van der Waals surface area contributed by atoms with E-state index in [0.29, 0.717) is 11.2 Å². The normalized spacial score (nSPS) is 18.3. The van der Waals surface area contributed by atoms with Crippen molar-refractivity contribution in [3.8, 4) is 11.5 Å². The van der Waals surface area contributed by atoms with Crippen LogP contribution in [0, 0.1) is 15.5 Å². The fourth-order valence-electron chi connectivity index (χ4n) is 3.59. The van der Waals surface area contributed by atoms with Crippen molar-refractivity contribution in [2.45, 2.75) is 19.3 Å². The first-order valence-corrected chi connectivity index (χ1v) is 8.47. The molecular weight excluding hydrogens is 362 g/mol. The van der Waals surface area contributed by atoms with Crippen molar-refractivity contribution in [3.05, 3.63) is 28.3 Å². The largest absolute Gasteiger partial charge is 0.490 e. The lowest BCUT2D eigenvalue weighted by atomic mass is 9.78. The van der Waals surface area contributed by atoms with E-state index in [4.69, 9.17) is 9.47 Å². The van der Waals surface area contributed by atoms with Crippen LogP contribution in [0.15, 0.2) is 18.2 Å². The Hall–Kier alpha value is -2.06. The summed E-state index contributed by atoms with van der Waals surface area (Å²) >= 11 is 0. The molecule has 1 aromatic rings. The van der Waals surface area contributed by atoms with Crippen molar-refractivity contribution in [2.75, 3.05) is 39.9 Å². The molecule has 2 aliphatic heterocycles. The highest BCUT2D eigenvalue weighted by Crippen LogP contribution is 2.37. The number of carbonyl (C=O) groups excluding carboxylic acids is 1. The predicted octanol–water partition coefficient (Wildman–Crippen LogP) is 2.01. The molecule has 0 saturated carbocycles. The molecule has 9 heteroatoms. The van der Waals surface area contributed by atoms with Crippen LogP contribution in [-0.4, -0.2) is 55.6 Å². The number of ether oxygens (including phenoxy) is 2. The van der Waals surface area contributed by atoms with Crippen molar-refractivity contribution in [3.63, 3.8) is 0 Å². The van der Waals surface area contributed by atoms with E-state index in [1.807, 2.05) is 4.90 Å². The number of hydrogen-bond donors (Lipinski definition) is 1. The first kappa shape index (κ1) is 20.3. The third-order valence-corrected chi connectivity index (χ3v) is 5.22. The molecule has 2 saturated heterocycles. The van der Waals surface area contributed by atoms with Crippen LogP contribution >= 0.6 is 12.4 Å². The highest BCUT2D eigenvalue weighted by molar-refractivity contribution is 5.85. The number of nitro groups is 1. The van der Waals surface area contributed by atoms with E-state index in [1.165, 1.54) is 31.7 Å². The molecule has 8 nitrogen and oxygen atoms in total. The Bertz CT molecular complexity index is 654. The fourth-order valence-corrected chi connectivity index (χ4v) is 3.59. The second kappa shape index (κ2) is 8.55. The lowest BCUT2D eigenvalue weighted by Gasteiger charge is -2.38. The van der Waals surface area contributed by atoms with E-state index in [2.05, 4.69) is 5.32 Å². The van der Waals surface area contributed by atoms with Gasteiger partial charge in [0.05, 0.1) is 12.0 Å². The first-order chi connectivity index (χ1) is 12.0. The highest BCUT2D eigenvalue weighted by Gasteiger charge is 2.38. The molecule has 2 heterocycles. The molecule has 0 bridgehead atoms.